The highest BCUT2D eigenvalue weighted by atomic mass is 35.5. The number of amides is 1. The molecule has 1 saturated carbocycles. The number of carbonyl (C=O) groups is 1. The summed E-state index contributed by atoms with van der Waals surface area (Å²) in [5.41, 5.74) is 0.0151. The summed E-state index contributed by atoms with van der Waals surface area (Å²) in [5, 5.41) is 13.5. The van der Waals surface area contributed by atoms with Gasteiger partial charge in [0.05, 0.1) is 11.5 Å². The average molecular weight is 336 g/mol. The van der Waals surface area contributed by atoms with Crippen molar-refractivity contribution in [1.29, 1.82) is 0 Å². The Morgan fingerprint density at radius 3 is 2.87 bits per heavy atom. The topological polar surface area (TPSA) is 79.5 Å². The molecule has 1 aliphatic rings. The van der Waals surface area contributed by atoms with E-state index in [1.165, 1.54) is 12.1 Å². The maximum absolute atomic E-state index is 12.2. The first-order valence-electron chi connectivity index (χ1n) is 7.74. The molecule has 3 rings (SSSR count). The van der Waals surface area contributed by atoms with E-state index in [1.54, 1.807) is 12.1 Å². The summed E-state index contributed by atoms with van der Waals surface area (Å²) in [6, 6.07) is 5.86. The van der Waals surface area contributed by atoms with Crippen LogP contribution in [0.2, 0.25) is 5.02 Å². The number of rotatable bonds is 3. The number of hydrogen-bond acceptors (Lipinski definition) is 4. The second-order valence-corrected chi connectivity index (χ2v) is 6.37. The van der Waals surface area contributed by atoms with Crippen LogP contribution in [0, 0.1) is 5.92 Å². The van der Waals surface area contributed by atoms with Crippen molar-refractivity contribution in [3.8, 4) is 0 Å². The molecule has 1 heterocycles. The molecule has 2 unspecified atom stereocenters. The van der Waals surface area contributed by atoms with E-state index in [0.717, 1.165) is 25.7 Å². The summed E-state index contributed by atoms with van der Waals surface area (Å²) in [6.07, 6.45) is 3.36. The first kappa shape index (κ1) is 16.0. The van der Waals surface area contributed by atoms with Gasteiger partial charge in [-0.05, 0) is 31.0 Å². The van der Waals surface area contributed by atoms with Gasteiger partial charge < -0.3 is 14.8 Å². The van der Waals surface area contributed by atoms with Crippen molar-refractivity contribution in [3.05, 3.63) is 45.3 Å². The van der Waals surface area contributed by atoms with Gasteiger partial charge in [-0.2, -0.15) is 0 Å². The number of benzene rings is 1. The normalized spacial score (nSPS) is 21.3. The Balaban J connectivity index is 1.76. The zero-order chi connectivity index (χ0) is 16.4. The molecule has 122 valence electrons. The monoisotopic (exact) mass is 335 g/mol. The van der Waals surface area contributed by atoms with E-state index in [-0.39, 0.29) is 23.2 Å². The SMILES string of the molecule is O=C(NCC1CCCCC1O)c1cc(=O)c2cc(Cl)ccc2o1. The third kappa shape index (κ3) is 3.57. The van der Waals surface area contributed by atoms with Gasteiger partial charge in [-0.1, -0.05) is 24.4 Å². The van der Waals surface area contributed by atoms with Crippen LogP contribution >= 0.6 is 11.6 Å². The van der Waals surface area contributed by atoms with Gasteiger partial charge in [0.15, 0.2) is 11.2 Å². The van der Waals surface area contributed by atoms with Gasteiger partial charge in [0, 0.05) is 23.6 Å². The van der Waals surface area contributed by atoms with Crippen molar-refractivity contribution in [1.82, 2.24) is 5.32 Å². The highest BCUT2D eigenvalue weighted by Crippen LogP contribution is 2.23. The van der Waals surface area contributed by atoms with E-state index < -0.39 is 5.91 Å². The van der Waals surface area contributed by atoms with E-state index in [1.807, 2.05) is 0 Å². The minimum Gasteiger partial charge on any atom is -0.451 e. The molecule has 0 spiro atoms. The zero-order valence-corrected chi connectivity index (χ0v) is 13.3. The van der Waals surface area contributed by atoms with Gasteiger partial charge >= 0.3 is 0 Å². The zero-order valence-electron chi connectivity index (χ0n) is 12.5. The number of nitrogens with one attached hydrogen (secondary N) is 1. The van der Waals surface area contributed by atoms with Crippen molar-refractivity contribution in [2.75, 3.05) is 6.54 Å². The molecule has 2 N–H and O–H groups in total. The molecule has 5 nitrogen and oxygen atoms in total. The summed E-state index contributed by atoms with van der Waals surface area (Å²) in [6.45, 7) is 0.377. The fourth-order valence-corrected chi connectivity index (χ4v) is 3.15. The molecule has 0 radical (unpaired) electrons. The van der Waals surface area contributed by atoms with Crippen molar-refractivity contribution in [2.45, 2.75) is 31.8 Å². The van der Waals surface area contributed by atoms with Gasteiger partial charge in [0.25, 0.3) is 5.91 Å². The van der Waals surface area contributed by atoms with Crippen molar-refractivity contribution < 1.29 is 14.3 Å². The highest BCUT2D eigenvalue weighted by molar-refractivity contribution is 6.31. The second kappa shape index (κ2) is 6.72. The lowest BCUT2D eigenvalue weighted by molar-refractivity contribution is 0.0656. The second-order valence-electron chi connectivity index (χ2n) is 5.94. The largest absolute Gasteiger partial charge is 0.451 e. The highest BCUT2D eigenvalue weighted by Gasteiger charge is 2.24. The number of aliphatic hydroxyl groups excluding tert-OH is 1. The molecular weight excluding hydrogens is 318 g/mol. The molecule has 0 bridgehead atoms. The molecule has 0 saturated heterocycles. The van der Waals surface area contributed by atoms with Crippen LogP contribution in [0.25, 0.3) is 11.0 Å². The lowest BCUT2D eigenvalue weighted by atomic mass is 9.86. The molecule has 1 amide bonds. The Kier molecular flexibility index (Phi) is 4.68. The Labute approximate surface area is 138 Å². The average Bonchev–Trinajstić information content (AvgIpc) is 2.54. The Morgan fingerprint density at radius 1 is 1.30 bits per heavy atom. The minimum absolute atomic E-state index is 0.0323. The third-order valence-electron chi connectivity index (χ3n) is 4.31. The van der Waals surface area contributed by atoms with Crippen LogP contribution in [0.1, 0.15) is 36.2 Å². The van der Waals surface area contributed by atoms with Crippen molar-refractivity contribution in [3.63, 3.8) is 0 Å². The molecule has 1 fully saturated rings. The minimum atomic E-state index is -0.447. The maximum Gasteiger partial charge on any atom is 0.287 e. The third-order valence-corrected chi connectivity index (χ3v) is 4.54. The molecule has 2 atom stereocenters. The lowest BCUT2D eigenvalue weighted by Crippen LogP contribution is -2.36. The Hall–Kier alpha value is -1.85. The number of hydrogen-bond donors (Lipinski definition) is 2. The molecule has 23 heavy (non-hydrogen) atoms. The maximum atomic E-state index is 12.2. The van der Waals surface area contributed by atoms with E-state index >= 15 is 0 Å². The van der Waals surface area contributed by atoms with Gasteiger partial charge in [-0.15, -0.1) is 0 Å². The van der Waals surface area contributed by atoms with Crippen LogP contribution < -0.4 is 10.7 Å². The first-order valence-corrected chi connectivity index (χ1v) is 8.12. The van der Waals surface area contributed by atoms with E-state index in [2.05, 4.69) is 5.32 Å². The van der Waals surface area contributed by atoms with Crippen molar-refractivity contribution in [2.24, 2.45) is 5.92 Å². The molecule has 2 aromatic rings. The van der Waals surface area contributed by atoms with Gasteiger partial charge in [-0.25, -0.2) is 0 Å². The van der Waals surface area contributed by atoms with Crippen molar-refractivity contribution >= 4 is 28.5 Å². The van der Waals surface area contributed by atoms with E-state index in [9.17, 15) is 14.7 Å². The van der Waals surface area contributed by atoms with Crippen LogP contribution in [-0.2, 0) is 0 Å². The lowest BCUT2D eigenvalue weighted by Gasteiger charge is -2.27. The van der Waals surface area contributed by atoms with Gasteiger partial charge in [-0.3, -0.25) is 9.59 Å². The summed E-state index contributed by atoms with van der Waals surface area (Å²) >= 11 is 5.86. The number of fused-ring (bicyclic) bond motifs is 1. The molecule has 1 aromatic carbocycles. The molecular formula is C17H18ClNO4. The van der Waals surface area contributed by atoms with Gasteiger partial charge in [0.2, 0.25) is 0 Å². The fraction of sp³-hybridized carbons (Fsp3) is 0.412. The molecule has 1 aromatic heterocycles. The quantitative estimate of drug-likeness (QED) is 0.903. The van der Waals surface area contributed by atoms with E-state index in [4.69, 9.17) is 16.0 Å². The van der Waals surface area contributed by atoms with Gasteiger partial charge in [0.1, 0.15) is 5.58 Å². The Bertz CT molecular complexity index is 786. The Morgan fingerprint density at radius 2 is 2.09 bits per heavy atom. The molecule has 6 heteroatoms. The predicted octanol–water partition coefficient (Wildman–Crippen LogP) is 2.73. The van der Waals surface area contributed by atoms with Crippen LogP contribution in [-0.4, -0.2) is 23.7 Å². The summed E-state index contributed by atoms with van der Waals surface area (Å²) in [4.78, 5) is 24.3. The molecule has 1 aliphatic carbocycles. The number of carbonyl (C=O) groups excluding carboxylic acids is 1. The standard InChI is InChI=1S/C17H18ClNO4/c18-11-5-6-15-12(7-11)14(21)8-16(23-15)17(22)19-9-10-3-1-2-4-13(10)20/h5-8,10,13,20H,1-4,9H2,(H,19,22). The first-order chi connectivity index (χ1) is 11.0. The smallest absolute Gasteiger partial charge is 0.287 e. The summed E-state index contributed by atoms with van der Waals surface area (Å²) in [5.74, 6) is -0.425. The summed E-state index contributed by atoms with van der Waals surface area (Å²) in [7, 11) is 0. The predicted molar refractivity (Wildman–Crippen MR) is 87.8 cm³/mol. The number of halogens is 1. The molecule has 0 aliphatic heterocycles. The fourth-order valence-electron chi connectivity index (χ4n) is 2.98. The van der Waals surface area contributed by atoms with E-state index in [0.29, 0.717) is 22.5 Å². The van der Waals surface area contributed by atoms with Crippen LogP contribution in [0.4, 0.5) is 0 Å². The van der Waals surface area contributed by atoms with Crippen LogP contribution in [0.15, 0.2) is 33.5 Å². The van der Waals surface area contributed by atoms with Crippen LogP contribution in [0.5, 0.6) is 0 Å². The number of aliphatic hydroxyl groups is 1. The van der Waals surface area contributed by atoms with Crippen LogP contribution in [0.3, 0.4) is 0 Å². The summed E-state index contributed by atoms with van der Waals surface area (Å²) < 4.78 is 5.49.